The van der Waals surface area contributed by atoms with Crippen molar-refractivity contribution < 1.29 is 29.6 Å². The van der Waals surface area contributed by atoms with Crippen LogP contribution in [0.3, 0.4) is 0 Å². The summed E-state index contributed by atoms with van der Waals surface area (Å²) in [5.41, 5.74) is 3.71. The van der Waals surface area contributed by atoms with Crippen molar-refractivity contribution in [3.05, 3.63) is 17.4 Å². The van der Waals surface area contributed by atoms with Crippen LogP contribution in [0.25, 0.3) is 11.2 Å². The normalized spacial score (nSPS) is 25.0. The van der Waals surface area contributed by atoms with Crippen LogP contribution in [0, 0.1) is 0 Å². The Morgan fingerprint density at radius 2 is 1.97 bits per heavy atom. The number of tetrazole rings is 1. The first-order valence-corrected chi connectivity index (χ1v) is 10.6. The molecule has 1 saturated heterocycles. The number of halogens is 1. The number of aliphatic hydroxyl groups excluding tert-OH is 2. The lowest BCUT2D eigenvalue weighted by molar-refractivity contribution is -0.174. The number of nitrogen functional groups attached to an aromatic ring is 1. The Hall–Kier alpha value is -2.98. The van der Waals surface area contributed by atoms with E-state index in [2.05, 4.69) is 30.4 Å². The van der Waals surface area contributed by atoms with Crippen LogP contribution in [0.5, 0.6) is 0 Å². The third kappa shape index (κ3) is 4.05. The zero-order chi connectivity index (χ0) is 25.0. The average Bonchev–Trinajstić information content (AvgIpc) is 3.45. The number of imidazole rings is 1. The SMILES string of the molecule is CC(OC[C@H]1O[C@@H](n2cnc3c(N)nc(Cl)nc32)[C@H](O)[C@H]1O)(C(=O)O)c1nnn(C(C)(C)C)n1. The van der Waals surface area contributed by atoms with Gasteiger partial charge >= 0.3 is 5.97 Å². The maximum Gasteiger partial charge on any atom is 0.343 e. The topological polar surface area (TPSA) is 209 Å². The van der Waals surface area contributed by atoms with E-state index in [1.165, 1.54) is 22.6 Å². The number of nitrogens with two attached hydrogens (primary N) is 1. The lowest BCUT2D eigenvalue weighted by Gasteiger charge is -2.25. The number of anilines is 1. The summed E-state index contributed by atoms with van der Waals surface area (Å²) in [5.74, 6) is -1.51. The predicted octanol–water partition coefficient (Wildman–Crippen LogP) is -0.561. The number of carbonyl (C=O) groups is 1. The Bertz CT molecular complexity index is 1230. The molecule has 0 amide bonds. The number of carboxylic acids is 1. The number of aromatic nitrogens is 8. The predicted molar refractivity (Wildman–Crippen MR) is 114 cm³/mol. The summed E-state index contributed by atoms with van der Waals surface area (Å²) >= 11 is 5.88. The smallest absolute Gasteiger partial charge is 0.343 e. The van der Waals surface area contributed by atoms with E-state index in [1.807, 2.05) is 20.8 Å². The third-order valence-corrected chi connectivity index (χ3v) is 5.59. The van der Waals surface area contributed by atoms with Crippen LogP contribution >= 0.6 is 11.6 Å². The van der Waals surface area contributed by atoms with Crippen LogP contribution in [0.1, 0.15) is 39.7 Å². The highest BCUT2D eigenvalue weighted by atomic mass is 35.5. The van der Waals surface area contributed by atoms with Gasteiger partial charge in [0.05, 0.1) is 18.5 Å². The zero-order valence-corrected chi connectivity index (χ0v) is 19.4. The number of nitrogens with zero attached hydrogens (tertiary/aromatic N) is 8. The molecule has 1 aliphatic rings. The van der Waals surface area contributed by atoms with E-state index in [9.17, 15) is 20.1 Å². The number of hydrogen-bond donors (Lipinski definition) is 4. The van der Waals surface area contributed by atoms with E-state index >= 15 is 0 Å². The molecular weight excluding hydrogens is 474 g/mol. The van der Waals surface area contributed by atoms with Crippen molar-refractivity contribution in [2.45, 2.75) is 63.4 Å². The van der Waals surface area contributed by atoms with Crippen molar-refractivity contribution in [1.29, 1.82) is 0 Å². The molecule has 1 unspecified atom stereocenters. The molecule has 0 saturated carbocycles. The van der Waals surface area contributed by atoms with E-state index in [4.69, 9.17) is 26.8 Å². The standard InChI is InChI=1S/C18H24ClN9O6/c1-17(2,3)28-25-14(24-26-28)18(4,15(31)32)33-5-7-9(29)10(30)13(34-7)27-6-21-8-11(20)22-16(19)23-12(8)27/h6-7,9-10,13,29-30H,5H2,1-4H3,(H,31,32)(H2,20,22,23)/t7-,9+,10-,13-,18?/m1/s1. The monoisotopic (exact) mass is 497 g/mol. The van der Waals surface area contributed by atoms with E-state index < -0.39 is 48.3 Å². The van der Waals surface area contributed by atoms with Gasteiger partial charge in [0.1, 0.15) is 23.8 Å². The highest BCUT2D eigenvalue weighted by Gasteiger charge is 2.48. The largest absolute Gasteiger partial charge is 0.479 e. The Morgan fingerprint density at radius 3 is 2.59 bits per heavy atom. The maximum atomic E-state index is 12.0. The van der Waals surface area contributed by atoms with Crippen molar-refractivity contribution in [3.63, 3.8) is 0 Å². The van der Waals surface area contributed by atoms with Gasteiger partial charge in [0.25, 0.3) is 0 Å². The average molecular weight is 498 g/mol. The second-order valence-corrected chi connectivity index (χ2v) is 9.31. The number of ether oxygens (including phenoxy) is 2. The fourth-order valence-corrected chi connectivity index (χ4v) is 3.52. The van der Waals surface area contributed by atoms with Gasteiger partial charge < -0.3 is 30.5 Å². The first-order valence-electron chi connectivity index (χ1n) is 10.2. The minimum Gasteiger partial charge on any atom is -0.479 e. The summed E-state index contributed by atoms with van der Waals surface area (Å²) < 4.78 is 12.8. The molecule has 1 aliphatic heterocycles. The van der Waals surface area contributed by atoms with Crippen molar-refractivity contribution in [2.75, 3.05) is 12.3 Å². The molecule has 3 aromatic rings. The van der Waals surface area contributed by atoms with Crippen LogP contribution in [0.15, 0.2) is 6.33 Å². The highest BCUT2D eigenvalue weighted by Crippen LogP contribution is 2.34. The van der Waals surface area contributed by atoms with Gasteiger partial charge in [-0.25, -0.2) is 9.78 Å². The molecule has 4 heterocycles. The molecule has 1 fully saturated rings. The molecule has 15 nitrogen and oxygen atoms in total. The Labute approximate surface area is 197 Å². The van der Waals surface area contributed by atoms with Gasteiger partial charge in [-0.05, 0) is 44.5 Å². The van der Waals surface area contributed by atoms with Crippen molar-refractivity contribution >= 4 is 34.6 Å². The Kier molecular flexibility index (Phi) is 5.93. The van der Waals surface area contributed by atoms with E-state index in [0.29, 0.717) is 0 Å². The Morgan fingerprint density at radius 1 is 1.26 bits per heavy atom. The molecule has 3 aromatic heterocycles. The van der Waals surface area contributed by atoms with Crippen LogP contribution in [0.2, 0.25) is 5.28 Å². The molecule has 0 radical (unpaired) electrons. The second-order valence-electron chi connectivity index (χ2n) is 8.97. The molecule has 16 heteroatoms. The van der Waals surface area contributed by atoms with Crippen LogP contribution in [-0.4, -0.2) is 85.9 Å². The lowest BCUT2D eigenvalue weighted by Crippen LogP contribution is -2.42. The summed E-state index contributed by atoms with van der Waals surface area (Å²) in [5, 5.41) is 42.7. The summed E-state index contributed by atoms with van der Waals surface area (Å²) in [6.45, 7) is 6.33. The lowest BCUT2D eigenvalue weighted by atomic mass is 10.1. The maximum absolute atomic E-state index is 12.0. The highest BCUT2D eigenvalue weighted by molar-refractivity contribution is 6.28. The summed E-state index contributed by atoms with van der Waals surface area (Å²) in [7, 11) is 0. The summed E-state index contributed by atoms with van der Waals surface area (Å²) in [4.78, 5) is 25.3. The molecule has 5 N–H and O–H groups in total. The summed E-state index contributed by atoms with van der Waals surface area (Å²) in [6, 6.07) is 0. The van der Waals surface area contributed by atoms with Gasteiger partial charge in [0, 0.05) is 0 Å². The molecule has 4 rings (SSSR count). The minimum absolute atomic E-state index is 0.0368. The van der Waals surface area contributed by atoms with Gasteiger partial charge in [-0.2, -0.15) is 14.8 Å². The van der Waals surface area contributed by atoms with Crippen LogP contribution < -0.4 is 5.73 Å². The van der Waals surface area contributed by atoms with Gasteiger partial charge in [0.2, 0.25) is 16.7 Å². The molecule has 184 valence electrons. The van der Waals surface area contributed by atoms with Crippen molar-refractivity contribution in [3.8, 4) is 0 Å². The molecule has 34 heavy (non-hydrogen) atoms. The first kappa shape index (κ1) is 24.2. The quantitative estimate of drug-likeness (QED) is 0.315. The van der Waals surface area contributed by atoms with E-state index in [-0.39, 0.29) is 28.1 Å². The van der Waals surface area contributed by atoms with Crippen molar-refractivity contribution in [2.24, 2.45) is 0 Å². The number of rotatable bonds is 6. The third-order valence-electron chi connectivity index (χ3n) is 5.42. The molecule has 5 atom stereocenters. The van der Waals surface area contributed by atoms with Crippen molar-refractivity contribution in [1.82, 2.24) is 39.7 Å². The number of fused-ring (bicyclic) bond motifs is 1. The molecular formula is C18H24ClN9O6. The number of aliphatic hydroxyl groups is 2. The van der Waals surface area contributed by atoms with Crippen LogP contribution in [0.4, 0.5) is 5.82 Å². The number of carboxylic acid groups (broad SMARTS) is 1. The van der Waals surface area contributed by atoms with Gasteiger partial charge in [-0.1, -0.05) is 0 Å². The fourth-order valence-electron chi connectivity index (χ4n) is 3.35. The zero-order valence-electron chi connectivity index (χ0n) is 18.7. The van der Waals surface area contributed by atoms with Crippen LogP contribution in [-0.2, 0) is 25.4 Å². The molecule has 0 aromatic carbocycles. The molecule has 0 spiro atoms. The van der Waals surface area contributed by atoms with Gasteiger partial charge in [0.15, 0.2) is 17.7 Å². The fraction of sp³-hybridized carbons (Fsp3) is 0.611. The van der Waals surface area contributed by atoms with Gasteiger partial charge in [-0.3, -0.25) is 4.57 Å². The van der Waals surface area contributed by atoms with E-state index in [1.54, 1.807) is 0 Å². The summed E-state index contributed by atoms with van der Waals surface area (Å²) in [6.07, 6.45) is -3.77. The number of hydrogen-bond acceptors (Lipinski definition) is 12. The molecule has 0 aliphatic carbocycles. The van der Waals surface area contributed by atoms with Gasteiger partial charge in [-0.15, -0.1) is 10.2 Å². The number of aliphatic carboxylic acids is 1. The van der Waals surface area contributed by atoms with E-state index in [0.717, 1.165) is 0 Å². The molecule has 0 bridgehead atoms. The first-order chi connectivity index (χ1) is 15.8. The Balaban J connectivity index is 1.55. The second kappa shape index (κ2) is 8.35. The minimum atomic E-state index is -1.99.